The van der Waals surface area contributed by atoms with Crippen molar-refractivity contribution in [2.75, 3.05) is 19.8 Å². The van der Waals surface area contributed by atoms with Crippen molar-refractivity contribution in [3.05, 3.63) is 0 Å². The number of nitrogens with zero attached hydrogens (tertiary/aromatic N) is 1. The van der Waals surface area contributed by atoms with Crippen molar-refractivity contribution in [2.45, 2.75) is 44.4 Å². The van der Waals surface area contributed by atoms with Crippen molar-refractivity contribution in [1.29, 1.82) is 0 Å². The first kappa shape index (κ1) is 16.1. The van der Waals surface area contributed by atoms with E-state index < -0.39 is 18.8 Å². The average Bonchev–Trinajstić information content (AvgIpc) is 3.17. The summed E-state index contributed by atoms with van der Waals surface area (Å²) < 4.78 is 40.6. The zero-order chi connectivity index (χ0) is 15.6. The maximum Gasteiger partial charge on any atom is 0.411 e. The van der Waals surface area contributed by atoms with Gasteiger partial charge in [-0.05, 0) is 25.7 Å². The molecule has 1 saturated carbocycles. The Balaban J connectivity index is 1.91. The normalized spacial score (nSPS) is 27.5. The first-order valence-electron chi connectivity index (χ1n) is 7.02. The Morgan fingerprint density at radius 2 is 2.00 bits per heavy atom. The second-order valence-corrected chi connectivity index (χ2v) is 5.64. The average molecular weight is 308 g/mol. The summed E-state index contributed by atoms with van der Waals surface area (Å²) >= 11 is 0. The Bertz CT molecular complexity index is 410. The fraction of sp³-hybridized carbons (Fsp3) is 0.846. The molecule has 0 aromatic carbocycles. The lowest BCUT2D eigenvalue weighted by Crippen LogP contribution is -2.48. The predicted molar refractivity (Wildman–Crippen MR) is 67.3 cm³/mol. The quantitative estimate of drug-likeness (QED) is 0.773. The Morgan fingerprint density at radius 1 is 1.33 bits per heavy atom. The first-order valence-corrected chi connectivity index (χ1v) is 7.02. The van der Waals surface area contributed by atoms with E-state index in [0.29, 0.717) is 0 Å². The number of ether oxygens (including phenoxy) is 1. The zero-order valence-electron chi connectivity index (χ0n) is 11.8. The van der Waals surface area contributed by atoms with Gasteiger partial charge in [0, 0.05) is 19.0 Å². The molecule has 1 aliphatic heterocycles. The number of hydrogen-bond acceptors (Lipinski definition) is 3. The molecule has 2 aliphatic rings. The van der Waals surface area contributed by atoms with Crippen LogP contribution in [0.5, 0.6) is 0 Å². The number of nitrogens with one attached hydrogen (secondary N) is 1. The van der Waals surface area contributed by atoms with Crippen molar-refractivity contribution in [3.8, 4) is 0 Å². The Kier molecular flexibility index (Phi) is 4.75. The number of carbonyl (C=O) groups is 2. The van der Waals surface area contributed by atoms with Gasteiger partial charge in [0.1, 0.15) is 12.6 Å². The molecule has 2 atom stereocenters. The molecule has 1 N–H and O–H groups in total. The van der Waals surface area contributed by atoms with E-state index in [1.807, 2.05) is 0 Å². The summed E-state index contributed by atoms with van der Waals surface area (Å²) in [5.74, 6) is -0.247. The largest absolute Gasteiger partial charge is 0.411 e. The third-order valence-corrected chi connectivity index (χ3v) is 3.71. The van der Waals surface area contributed by atoms with Gasteiger partial charge in [-0.3, -0.25) is 9.59 Å². The van der Waals surface area contributed by atoms with E-state index in [1.54, 1.807) is 6.92 Å². The van der Waals surface area contributed by atoms with Crippen LogP contribution in [-0.4, -0.2) is 54.7 Å². The SMILES string of the molecule is CC1CC(=O)NC(C2CC2)C(=O)N1CCOCC(F)(F)F. The smallest absolute Gasteiger partial charge is 0.370 e. The molecule has 2 amide bonds. The molecule has 2 rings (SSSR count). The number of alkyl halides is 3. The van der Waals surface area contributed by atoms with Gasteiger partial charge in [-0.2, -0.15) is 13.2 Å². The Labute approximate surface area is 120 Å². The first-order chi connectivity index (χ1) is 9.78. The standard InChI is InChI=1S/C13H19F3N2O3/c1-8-6-10(19)17-11(9-2-3-9)12(20)18(8)4-5-21-7-13(14,15)16/h8-9,11H,2-7H2,1H3,(H,17,19). The number of carbonyl (C=O) groups excluding carboxylic acids is 2. The molecule has 0 radical (unpaired) electrons. The summed E-state index contributed by atoms with van der Waals surface area (Å²) in [5, 5.41) is 2.71. The van der Waals surface area contributed by atoms with Gasteiger partial charge in [-0.15, -0.1) is 0 Å². The van der Waals surface area contributed by atoms with Crippen LogP contribution in [0.25, 0.3) is 0 Å². The number of rotatable bonds is 5. The predicted octanol–water partition coefficient (Wildman–Crippen LogP) is 1.08. The molecular weight excluding hydrogens is 289 g/mol. The van der Waals surface area contributed by atoms with Crippen LogP contribution in [0.1, 0.15) is 26.2 Å². The lowest BCUT2D eigenvalue weighted by atomic mass is 10.1. The van der Waals surface area contributed by atoms with Gasteiger partial charge in [-0.1, -0.05) is 0 Å². The van der Waals surface area contributed by atoms with E-state index in [0.717, 1.165) is 12.8 Å². The minimum Gasteiger partial charge on any atom is -0.370 e. The Morgan fingerprint density at radius 3 is 2.57 bits per heavy atom. The molecule has 2 fully saturated rings. The second kappa shape index (κ2) is 6.21. The summed E-state index contributed by atoms with van der Waals surface area (Å²) in [7, 11) is 0. The van der Waals surface area contributed by atoms with Crippen LogP contribution in [0.2, 0.25) is 0 Å². The highest BCUT2D eigenvalue weighted by Gasteiger charge is 2.42. The lowest BCUT2D eigenvalue weighted by molar-refractivity contribution is -0.175. The number of hydrogen-bond donors (Lipinski definition) is 1. The highest BCUT2D eigenvalue weighted by molar-refractivity contribution is 5.91. The van der Waals surface area contributed by atoms with Crippen LogP contribution in [0.3, 0.4) is 0 Å². The van der Waals surface area contributed by atoms with Gasteiger partial charge < -0.3 is 15.0 Å². The summed E-state index contributed by atoms with van der Waals surface area (Å²) in [6, 6.07) is -0.874. The summed E-state index contributed by atoms with van der Waals surface area (Å²) in [6.07, 6.45) is -2.43. The molecule has 0 aromatic rings. The minimum absolute atomic E-state index is 0.0637. The zero-order valence-corrected chi connectivity index (χ0v) is 11.8. The van der Waals surface area contributed by atoms with Crippen LogP contribution >= 0.6 is 0 Å². The second-order valence-electron chi connectivity index (χ2n) is 5.64. The van der Waals surface area contributed by atoms with Gasteiger partial charge in [0.25, 0.3) is 0 Å². The fourth-order valence-electron chi connectivity index (χ4n) is 2.50. The van der Waals surface area contributed by atoms with Crippen molar-refractivity contribution in [3.63, 3.8) is 0 Å². The van der Waals surface area contributed by atoms with Gasteiger partial charge in [-0.25, -0.2) is 0 Å². The van der Waals surface area contributed by atoms with Crippen LogP contribution in [0.15, 0.2) is 0 Å². The third-order valence-electron chi connectivity index (χ3n) is 3.71. The fourth-order valence-corrected chi connectivity index (χ4v) is 2.50. The highest BCUT2D eigenvalue weighted by atomic mass is 19.4. The van der Waals surface area contributed by atoms with E-state index in [4.69, 9.17) is 0 Å². The van der Waals surface area contributed by atoms with Crippen LogP contribution in [0, 0.1) is 5.92 Å². The van der Waals surface area contributed by atoms with E-state index in [2.05, 4.69) is 10.1 Å². The van der Waals surface area contributed by atoms with E-state index >= 15 is 0 Å². The molecule has 0 spiro atoms. The molecule has 1 heterocycles. The van der Waals surface area contributed by atoms with Gasteiger partial charge >= 0.3 is 6.18 Å². The third kappa shape index (κ3) is 4.59. The number of halogens is 3. The van der Waals surface area contributed by atoms with Crippen molar-refractivity contribution >= 4 is 11.8 Å². The summed E-state index contributed by atoms with van der Waals surface area (Å²) in [6.45, 7) is 0.262. The van der Waals surface area contributed by atoms with Crippen LogP contribution in [0.4, 0.5) is 13.2 Å². The molecule has 2 unspecified atom stereocenters. The molecular formula is C13H19F3N2O3. The van der Waals surface area contributed by atoms with Gasteiger partial charge in [0.05, 0.1) is 6.61 Å². The topological polar surface area (TPSA) is 58.6 Å². The van der Waals surface area contributed by atoms with Crippen molar-refractivity contribution in [1.82, 2.24) is 10.2 Å². The summed E-state index contributed by atoms with van der Waals surface area (Å²) in [4.78, 5) is 25.6. The molecule has 21 heavy (non-hydrogen) atoms. The van der Waals surface area contributed by atoms with E-state index in [-0.39, 0.29) is 43.3 Å². The number of amides is 2. The molecule has 0 bridgehead atoms. The molecule has 5 nitrogen and oxygen atoms in total. The molecule has 0 aromatic heterocycles. The van der Waals surface area contributed by atoms with Gasteiger partial charge in [0.15, 0.2) is 0 Å². The maximum absolute atomic E-state index is 12.4. The molecule has 120 valence electrons. The molecule has 1 aliphatic carbocycles. The lowest BCUT2D eigenvalue weighted by Gasteiger charge is -2.28. The molecule has 1 saturated heterocycles. The summed E-state index contributed by atoms with van der Waals surface area (Å²) in [5.41, 5.74) is 0. The maximum atomic E-state index is 12.4. The molecule has 8 heteroatoms. The van der Waals surface area contributed by atoms with Crippen molar-refractivity contribution < 1.29 is 27.5 Å². The monoisotopic (exact) mass is 308 g/mol. The van der Waals surface area contributed by atoms with E-state index in [9.17, 15) is 22.8 Å². The van der Waals surface area contributed by atoms with Crippen LogP contribution in [-0.2, 0) is 14.3 Å². The Hall–Kier alpha value is -1.31. The van der Waals surface area contributed by atoms with Crippen molar-refractivity contribution in [2.24, 2.45) is 5.92 Å². The van der Waals surface area contributed by atoms with E-state index in [1.165, 1.54) is 4.90 Å². The minimum atomic E-state index is -4.37. The van der Waals surface area contributed by atoms with Gasteiger partial charge in [0.2, 0.25) is 11.8 Å². The highest BCUT2D eigenvalue weighted by Crippen LogP contribution is 2.34. The van der Waals surface area contributed by atoms with Crippen LogP contribution < -0.4 is 5.32 Å².